The van der Waals surface area contributed by atoms with Gasteiger partial charge in [-0.2, -0.15) is 5.10 Å². The third-order valence-corrected chi connectivity index (χ3v) is 3.32. The van der Waals surface area contributed by atoms with Crippen LogP contribution in [-0.4, -0.2) is 44.7 Å². The molecule has 94 valence electrons. The summed E-state index contributed by atoms with van der Waals surface area (Å²) in [4.78, 5) is 17.7. The summed E-state index contributed by atoms with van der Waals surface area (Å²) in [6, 6.07) is 0.150. The van der Waals surface area contributed by atoms with Gasteiger partial charge in [0.1, 0.15) is 19.2 Å². The van der Waals surface area contributed by atoms with Crippen molar-refractivity contribution in [1.29, 1.82) is 0 Å². The third-order valence-electron chi connectivity index (χ3n) is 3.32. The molecule has 0 aromatic carbocycles. The van der Waals surface area contributed by atoms with Gasteiger partial charge in [-0.3, -0.25) is 4.79 Å². The van der Waals surface area contributed by atoms with Crippen molar-refractivity contribution >= 4 is 5.91 Å². The van der Waals surface area contributed by atoms with Gasteiger partial charge >= 0.3 is 0 Å². The Morgan fingerprint density at radius 3 is 3.12 bits per heavy atom. The van der Waals surface area contributed by atoms with Crippen LogP contribution < -0.4 is 5.73 Å². The third kappa shape index (κ3) is 3.03. The molecule has 0 bridgehead atoms. The Hall–Kier alpha value is -1.43. The van der Waals surface area contributed by atoms with Crippen LogP contribution in [0.1, 0.15) is 19.8 Å². The summed E-state index contributed by atoms with van der Waals surface area (Å²) < 4.78 is 1.55. The zero-order valence-corrected chi connectivity index (χ0v) is 10.1. The molecule has 2 heterocycles. The first-order valence-corrected chi connectivity index (χ1v) is 6.02. The van der Waals surface area contributed by atoms with Gasteiger partial charge in [-0.15, -0.1) is 0 Å². The van der Waals surface area contributed by atoms with Crippen molar-refractivity contribution in [2.24, 2.45) is 11.7 Å². The number of carbonyl (C=O) groups is 1. The van der Waals surface area contributed by atoms with Crippen molar-refractivity contribution in [3.05, 3.63) is 12.7 Å². The minimum Gasteiger partial charge on any atom is -0.341 e. The van der Waals surface area contributed by atoms with Crippen molar-refractivity contribution in [3.63, 3.8) is 0 Å². The number of nitrogens with zero attached hydrogens (tertiary/aromatic N) is 4. The number of likely N-dealkylation sites (tertiary alicyclic amines) is 1. The predicted octanol–water partition coefficient (Wildman–Crippen LogP) is -0.136. The maximum atomic E-state index is 12.0. The number of aromatic nitrogens is 3. The molecule has 1 saturated heterocycles. The van der Waals surface area contributed by atoms with E-state index in [1.54, 1.807) is 11.0 Å². The van der Waals surface area contributed by atoms with Crippen molar-refractivity contribution in [2.45, 2.75) is 32.4 Å². The van der Waals surface area contributed by atoms with Crippen LogP contribution in [0.15, 0.2) is 12.7 Å². The molecule has 17 heavy (non-hydrogen) atoms. The molecular formula is C11H19N5O. The van der Waals surface area contributed by atoms with Gasteiger partial charge in [0.2, 0.25) is 5.91 Å². The number of amides is 1. The summed E-state index contributed by atoms with van der Waals surface area (Å²) in [5, 5.41) is 3.94. The van der Waals surface area contributed by atoms with Crippen LogP contribution in [0, 0.1) is 5.92 Å². The standard InChI is InChI=1S/C11H19N5O/c1-9(12)10-3-2-4-15(5-10)11(17)6-16-8-13-7-14-16/h7-10H,2-6,12H2,1H3. The minimum atomic E-state index is 0.0980. The predicted molar refractivity (Wildman–Crippen MR) is 63.0 cm³/mol. The molecule has 1 amide bonds. The fraction of sp³-hybridized carbons (Fsp3) is 0.727. The molecule has 6 heteroatoms. The van der Waals surface area contributed by atoms with Crippen LogP contribution in [0.3, 0.4) is 0 Å². The Balaban J connectivity index is 1.91. The Morgan fingerprint density at radius 1 is 1.65 bits per heavy atom. The first-order valence-electron chi connectivity index (χ1n) is 6.02. The molecule has 1 aliphatic rings. The molecule has 1 aromatic rings. The Kier molecular flexibility index (Phi) is 3.73. The first kappa shape index (κ1) is 12.0. The van der Waals surface area contributed by atoms with Crippen molar-refractivity contribution in [3.8, 4) is 0 Å². The average Bonchev–Trinajstić information content (AvgIpc) is 2.82. The minimum absolute atomic E-state index is 0.0980. The van der Waals surface area contributed by atoms with Gasteiger partial charge in [0, 0.05) is 19.1 Å². The molecule has 0 spiro atoms. The molecule has 2 N–H and O–H groups in total. The van der Waals surface area contributed by atoms with Crippen LogP contribution in [0.4, 0.5) is 0 Å². The number of rotatable bonds is 3. The highest BCUT2D eigenvalue weighted by Gasteiger charge is 2.25. The maximum absolute atomic E-state index is 12.0. The van der Waals surface area contributed by atoms with E-state index in [1.165, 1.54) is 6.33 Å². The Labute approximate surface area is 101 Å². The number of piperidine rings is 1. The summed E-state index contributed by atoms with van der Waals surface area (Å²) in [7, 11) is 0. The fourth-order valence-corrected chi connectivity index (χ4v) is 2.22. The van der Waals surface area contributed by atoms with Gasteiger partial charge in [-0.25, -0.2) is 9.67 Å². The van der Waals surface area contributed by atoms with Crippen LogP contribution in [0.2, 0.25) is 0 Å². The van der Waals surface area contributed by atoms with Crippen LogP contribution in [0.25, 0.3) is 0 Å². The highest BCUT2D eigenvalue weighted by Crippen LogP contribution is 2.18. The van der Waals surface area contributed by atoms with E-state index in [9.17, 15) is 4.79 Å². The second-order valence-electron chi connectivity index (χ2n) is 4.69. The van der Waals surface area contributed by atoms with Gasteiger partial charge in [-0.05, 0) is 25.7 Å². The van der Waals surface area contributed by atoms with Gasteiger partial charge in [0.15, 0.2) is 0 Å². The van der Waals surface area contributed by atoms with Crippen molar-refractivity contribution in [2.75, 3.05) is 13.1 Å². The molecule has 2 unspecified atom stereocenters. The molecule has 1 aliphatic heterocycles. The lowest BCUT2D eigenvalue weighted by Gasteiger charge is -2.34. The number of nitrogens with two attached hydrogens (primary N) is 1. The van der Waals surface area contributed by atoms with E-state index in [1.807, 2.05) is 11.8 Å². The van der Waals surface area contributed by atoms with Gasteiger partial charge in [-0.1, -0.05) is 0 Å². The zero-order chi connectivity index (χ0) is 12.3. The van der Waals surface area contributed by atoms with E-state index >= 15 is 0 Å². The molecular weight excluding hydrogens is 218 g/mol. The normalized spacial score (nSPS) is 22.5. The summed E-state index contributed by atoms with van der Waals surface area (Å²) in [5.41, 5.74) is 5.90. The molecule has 0 aliphatic carbocycles. The van der Waals surface area contributed by atoms with E-state index in [2.05, 4.69) is 10.1 Å². The lowest BCUT2D eigenvalue weighted by atomic mass is 9.92. The van der Waals surface area contributed by atoms with Gasteiger partial charge in [0.25, 0.3) is 0 Å². The first-order chi connectivity index (χ1) is 8.16. The summed E-state index contributed by atoms with van der Waals surface area (Å²) in [5.74, 6) is 0.518. The number of hydrogen-bond acceptors (Lipinski definition) is 4. The Morgan fingerprint density at radius 2 is 2.47 bits per heavy atom. The molecule has 1 fully saturated rings. The average molecular weight is 237 g/mol. The number of hydrogen-bond donors (Lipinski definition) is 1. The summed E-state index contributed by atoms with van der Waals surface area (Å²) in [6.07, 6.45) is 5.15. The van der Waals surface area contributed by atoms with E-state index in [0.29, 0.717) is 5.92 Å². The van der Waals surface area contributed by atoms with Crippen molar-refractivity contribution in [1.82, 2.24) is 19.7 Å². The Bertz CT molecular complexity index is 362. The van der Waals surface area contributed by atoms with Crippen molar-refractivity contribution < 1.29 is 4.79 Å². The van der Waals surface area contributed by atoms with E-state index in [4.69, 9.17) is 5.73 Å². The van der Waals surface area contributed by atoms with Gasteiger partial charge < -0.3 is 10.6 Å². The molecule has 6 nitrogen and oxygen atoms in total. The SMILES string of the molecule is CC(N)C1CCCN(C(=O)Cn2cncn2)C1. The maximum Gasteiger partial charge on any atom is 0.244 e. The summed E-state index contributed by atoms with van der Waals surface area (Å²) >= 11 is 0. The summed E-state index contributed by atoms with van der Waals surface area (Å²) in [6.45, 7) is 3.88. The molecule has 1 aromatic heterocycles. The second kappa shape index (κ2) is 5.27. The van der Waals surface area contributed by atoms with Gasteiger partial charge in [0.05, 0.1) is 0 Å². The highest BCUT2D eigenvalue weighted by atomic mass is 16.2. The van der Waals surface area contributed by atoms with E-state index < -0.39 is 0 Å². The topological polar surface area (TPSA) is 77.0 Å². The highest BCUT2D eigenvalue weighted by molar-refractivity contribution is 5.75. The second-order valence-corrected chi connectivity index (χ2v) is 4.69. The fourth-order valence-electron chi connectivity index (χ4n) is 2.22. The molecule has 0 radical (unpaired) electrons. The lowest BCUT2D eigenvalue weighted by Crippen LogP contribution is -2.46. The number of carbonyl (C=O) groups excluding carboxylic acids is 1. The van der Waals surface area contributed by atoms with Crippen LogP contribution >= 0.6 is 0 Å². The largest absolute Gasteiger partial charge is 0.341 e. The quantitative estimate of drug-likeness (QED) is 0.794. The smallest absolute Gasteiger partial charge is 0.244 e. The van der Waals surface area contributed by atoms with E-state index in [-0.39, 0.29) is 18.5 Å². The van der Waals surface area contributed by atoms with Crippen LogP contribution in [-0.2, 0) is 11.3 Å². The molecule has 2 atom stereocenters. The lowest BCUT2D eigenvalue weighted by molar-refractivity contribution is -0.134. The molecule has 0 saturated carbocycles. The zero-order valence-electron chi connectivity index (χ0n) is 10.1. The molecule has 2 rings (SSSR count). The monoisotopic (exact) mass is 237 g/mol. The van der Waals surface area contributed by atoms with Crippen LogP contribution in [0.5, 0.6) is 0 Å². The van der Waals surface area contributed by atoms with E-state index in [0.717, 1.165) is 25.9 Å².